The van der Waals surface area contributed by atoms with Crippen molar-refractivity contribution in [2.75, 3.05) is 11.3 Å². The number of thiophene rings is 1. The van der Waals surface area contributed by atoms with Crippen molar-refractivity contribution in [2.45, 2.75) is 11.1 Å². The third-order valence-corrected chi connectivity index (χ3v) is 5.31. The highest BCUT2D eigenvalue weighted by Crippen LogP contribution is 2.25. The van der Waals surface area contributed by atoms with Gasteiger partial charge in [0.25, 0.3) is 10.0 Å². The smallest absolute Gasteiger partial charge is 0.271 e. The molecular formula is C14H15NO3S2. The predicted molar refractivity (Wildman–Crippen MR) is 82.0 cm³/mol. The predicted octanol–water partition coefficient (Wildman–Crippen LogP) is 3.42. The minimum Gasteiger partial charge on any atom is -0.489 e. The number of hydrogen-bond donors (Lipinski definition) is 1. The molecule has 0 aliphatic carbocycles. The first-order valence-corrected chi connectivity index (χ1v) is 8.24. The number of ether oxygens (including phenoxy) is 1. The Morgan fingerprint density at radius 3 is 2.80 bits per heavy atom. The molecular weight excluding hydrogens is 294 g/mol. The van der Waals surface area contributed by atoms with Crippen LogP contribution in [0.3, 0.4) is 0 Å². The summed E-state index contributed by atoms with van der Waals surface area (Å²) in [5, 5.41) is 0. The quantitative estimate of drug-likeness (QED) is 0.832. The van der Waals surface area contributed by atoms with E-state index in [0.717, 1.165) is 4.88 Å². The molecule has 0 aliphatic rings. The molecule has 0 aliphatic heterocycles. The van der Waals surface area contributed by atoms with Gasteiger partial charge >= 0.3 is 0 Å². The summed E-state index contributed by atoms with van der Waals surface area (Å²) >= 11 is 1.24. The molecule has 1 heterocycles. The average Bonchev–Trinajstić information content (AvgIpc) is 2.84. The van der Waals surface area contributed by atoms with Gasteiger partial charge in [-0.25, -0.2) is 8.42 Å². The highest BCUT2D eigenvalue weighted by atomic mass is 32.2. The summed E-state index contributed by atoms with van der Waals surface area (Å²) in [7, 11) is -3.54. The van der Waals surface area contributed by atoms with Crippen LogP contribution < -0.4 is 9.46 Å². The van der Waals surface area contributed by atoms with Gasteiger partial charge in [-0.3, -0.25) is 4.72 Å². The van der Waals surface area contributed by atoms with Crippen molar-refractivity contribution in [1.82, 2.24) is 0 Å². The number of anilines is 1. The number of hydrogen-bond acceptors (Lipinski definition) is 4. The van der Waals surface area contributed by atoms with E-state index < -0.39 is 10.0 Å². The molecule has 1 N–H and O–H groups in total. The maximum atomic E-state index is 12.2. The van der Waals surface area contributed by atoms with E-state index in [9.17, 15) is 8.42 Å². The third kappa shape index (κ3) is 3.61. The maximum Gasteiger partial charge on any atom is 0.271 e. The van der Waals surface area contributed by atoms with Crippen LogP contribution >= 0.6 is 11.3 Å². The van der Waals surface area contributed by atoms with Crippen LogP contribution in [0.4, 0.5) is 5.69 Å². The lowest BCUT2D eigenvalue weighted by Crippen LogP contribution is -2.11. The molecule has 0 bridgehead atoms. The van der Waals surface area contributed by atoms with Crippen molar-refractivity contribution in [3.63, 3.8) is 0 Å². The Balaban J connectivity index is 2.19. The van der Waals surface area contributed by atoms with Crippen LogP contribution in [0.5, 0.6) is 5.75 Å². The molecule has 4 nitrogen and oxygen atoms in total. The second kappa shape index (κ2) is 6.11. The van der Waals surface area contributed by atoms with Crippen molar-refractivity contribution in [1.29, 1.82) is 0 Å². The fourth-order valence-corrected chi connectivity index (χ4v) is 3.90. The molecule has 1 aromatic heterocycles. The SMILES string of the molecule is C=CCOc1cccc(NS(=O)(=O)c2ccc(C)s2)c1. The Morgan fingerprint density at radius 2 is 2.15 bits per heavy atom. The summed E-state index contributed by atoms with van der Waals surface area (Å²) in [5.41, 5.74) is 0.470. The van der Waals surface area contributed by atoms with E-state index in [1.54, 1.807) is 42.5 Å². The van der Waals surface area contributed by atoms with Crippen LogP contribution in [0, 0.1) is 6.92 Å². The van der Waals surface area contributed by atoms with Gasteiger partial charge in [0.15, 0.2) is 0 Å². The van der Waals surface area contributed by atoms with Crippen LogP contribution in [-0.4, -0.2) is 15.0 Å². The maximum absolute atomic E-state index is 12.2. The van der Waals surface area contributed by atoms with Gasteiger partial charge in [0.1, 0.15) is 16.6 Å². The first kappa shape index (κ1) is 14.6. The molecule has 106 valence electrons. The molecule has 0 unspecified atom stereocenters. The van der Waals surface area contributed by atoms with Gasteiger partial charge in [0.05, 0.1) is 5.69 Å². The Labute approximate surface area is 122 Å². The van der Waals surface area contributed by atoms with Crippen molar-refractivity contribution in [2.24, 2.45) is 0 Å². The lowest BCUT2D eigenvalue weighted by Gasteiger charge is -2.08. The number of aryl methyl sites for hydroxylation is 1. The summed E-state index contributed by atoms with van der Waals surface area (Å²) in [6.45, 7) is 5.81. The molecule has 20 heavy (non-hydrogen) atoms. The molecule has 0 saturated heterocycles. The fourth-order valence-electron chi connectivity index (χ4n) is 1.57. The molecule has 0 radical (unpaired) electrons. The highest BCUT2D eigenvalue weighted by Gasteiger charge is 2.16. The first-order chi connectivity index (χ1) is 9.51. The monoisotopic (exact) mass is 309 g/mol. The van der Waals surface area contributed by atoms with E-state index >= 15 is 0 Å². The molecule has 1 aromatic carbocycles. The minimum absolute atomic E-state index is 0.299. The Hall–Kier alpha value is -1.79. The second-order valence-corrected chi connectivity index (χ2v) is 7.30. The molecule has 2 rings (SSSR count). The van der Waals surface area contributed by atoms with Gasteiger partial charge in [-0.15, -0.1) is 11.3 Å². The zero-order valence-corrected chi connectivity index (χ0v) is 12.6. The van der Waals surface area contributed by atoms with Crippen molar-refractivity contribution >= 4 is 27.0 Å². The third-order valence-electron chi connectivity index (χ3n) is 2.43. The lowest BCUT2D eigenvalue weighted by molar-refractivity contribution is 0.363. The van der Waals surface area contributed by atoms with Gasteiger partial charge in [-0.05, 0) is 31.2 Å². The molecule has 6 heteroatoms. The van der Waals surface area contributed by atoms with Crippen LogP contribution in [-0.2, 0) is 10.0 Å². The van der Waals surface area contributed by atoms with Crippen molar-refractivity contribution in [3.05, 3.63) is 53.9 Å². The van der Waals surface area contributed by atoms with E-state index in [1.807, 2.05) is 6.92 Å². The van der Waals surface area contributed by atoms with Crippen LogP contribution in [0.1, 0.15) is 4.88 Å². The van der Waals surface area contributed by atoms with Gasteiger partial charge in [0, 0.05) is 10.9 Å². The van der Waals surface area contributed by atoms with E-state index in [0.29, 0.717) is 22.3 Å². The van der Waals surface area contributed by atoms with E-state index in [1.165, 1.54) is 11.3 Å². The Morgan fingerprint density at radius 1 is 1.35 bits per heavy atom. The second-order valence-electron chi connectivity index (χ2n) is 4.10. The minimum atomic E-state index is -3.54. The molecule has 0 atom stereocenters. The topological polar surface area (TPSA) is 55.4 Å². The zero-order chi connectivity index (χ0) is 14.6. The van der Waals surface area contributed by atoms with Crippen molar-refractivity contribution < 1.29 is 13.2 Å². The first-order valence-electron chi connectivity index (χ1n) is 5.94. The number of rotatable bonds is 6. The lowest BCUT2D eigenvalue weighted by atomic mass is 10.3. The Kier molecular flexibility index (Phi) is 4.46. The fraction of sp³-hybridized carbons (Fsp3) is 0.143. The summed E-state index contributed by atoms with van der Waals surface area (Å²) in [6, 6.07) is 10.2. The molecule has 2 aromatic rings. The molecule has 0 amide bonds. The summed E-state index contributed by atoms with van der Waals surface area (Å²) < 4.78 is 32.6. The van der Waals surface area contributed by atoms with E-state index in [4.69, 9.17) is 4.74 Å². The standard InChI is InChI=1S/C14H15NO3S2/c1-3-9-18-13-6-4-5-12(10-13)15-20(16,17)14-8-7-11(2)19-14/h3-8,10,15H,1,9H2,2H3. The summed E-state index contributed by atoms with van der Waals surface area (Å²) in [6.07, 6.45) is 1.63. The largest absolute Gasteiger partial charge is 0.489 e. The molecule has 0 spiro atoms. The van der Waals surface area contributed by atoms with E-state index in [-0.39, 0.29) is 0 Å². The van der Waals surface area contributed by atoms with Crippen LogP contribution in [0.25, 0.3) is 0 Å². The van der Waals surface area contributed by atoms with Crippen LogP contribution in [0.15, 0.2) is 53.3 Å². The summed E-state index contributed by atoms with van der Waals surface area (Å²) in [5.74, 6) is 0.590. The van der Waals surface area contributed by atoms with Crippen molar-refractivity contribution in [3.8, 4) is 5.75 Å². The van der Waals surface area contributed by atoms with Gasteiger partial charge in [-0.1, -0.05) is 18.7 Å². The van der Waals surface area contributed by atoms with Crippen LogP contribution in [0.2, 0.25) is 0 Å². The van der Waals surface area contributed by atoms with Gasteiger partial charge in [0.2, 0.25) is 0 Å². The molecule has 0 fully saturated rings. The number of nitrogens with one attached hydrogen (secondary N) is 1. The number of sulfonamides is 1. The van der Waals surface area contributed by atoms with Gasteiger partial charge < -0.3 is 4.74 Å². The Bertz CT molecular complexity index is 705. The normalized spacial score (nSPS) is 11.1. The highest BCUT2D eigenvalue weighted by molar-refractivity contribution is 7.94. The average molecular weight is 309 g/mol. The summed E-state index contributed by atoms with van der Waals surface area (Å²) in [4.78, 5) is 0.952. The van der Waals surface area contributed by atoms with Gasteiger partial charge in [-0.2, -0.15) is 0 Å². The van der Waals surface area contributed by atoms with E-state index in [2.05, 4.69) is 11.3 Å². The zero-order valence-electron chi connectivity index (χ0n) is 11.0. The molecule has 0 saturated carbocycles. The number of benzene rings is 1.